The van der Waals surface area contributed by atoms with Gasteiger partial charge in [-0.3, -0.25) is 4.98 Å². The number of methoxy groups -OCH3 is 1. The average Bonchev–Trinajstić information content (AvgIpc) is 3.62. The maximum atomic E-state index is 14.1. The number of carbonyl (C=O) groups excluding carboxylic acids is 1. The number of allylic oxidation sites excluding steroid dienone is 1. The summed E-state index contributed by atoms with van der Waals surface area (Å²) in [6.07, 6.45) is 9.73. The van der Waals surface area contributed by atoms with Gasteiger partial charge in [0.05, 0.1) is 43.1 Å². The molecule has 3 heterocycles. The second kappa shape index (κ2) is 15.0. The van der Waals surface area contributed by atoms with Crippen LogP contribution in [0.1, 0.15) is 62.0 Å². The number of hydrogen-bond acceptors (Lipinski definition) is 7. The maximum Gasteiger partial charge on any atom is 1.00 e. The number of rotatable bonds is 6. The molecule has 0 radical (unpaired) electrons. The van der Waals surface area contributed by atoms with E-state index in [4.69, 9.17) is 19.7 Å². The summed E-state index contributed by atoms with van der Waals surface area (Å²) in [6.45, 7) is 3.71. The summed E-state index contributed by atoms with van der Waals surface area (Å²) < 4.78 is 25.4. The van der Waals surface area contributed by atoms with Gasteiger partial charge in [-0.15, -0.1) is 0 Å². The van der Waals surface area contributed by atoms with Crippen LogP contribution in [-0.2, 0) is 15.1 Å². The number of pyridine rings is 1. The number of halogens is 1. The number of amides is 1. The molecule has 36 heavy (non-hydrogen) atoms. The molecule has 1 aromatic heterocycles. The number of nitrogens with zero attached hydrogens (tertiary/aromatic N) is 2. The molecule has 0 bridgehead atoms. The van der Waals surface area contributed by atoms with Gasteiger partial charge in [-0.25, -0.2) is 9.18 Å². The molecule has 3 fully saturated rings. The van der Waals surface area contributed by atoms with Crippen LogP contribution < -0.4 is 34.7 Å². The van der Waals surface area contributed by atoms with E-state index in [1.807, 2.05) is 7.11 Å². The Morgan fingerprint density at radius 2 is 1.92 bits per heavy atom. The van der Waals surface area contributed by atoms with Crippen molar-refractivity contribution in [2.45, 2.75) is 69.9 Å². The van der Waals surface area contributed by atoms with Gasteiger partial charge >= 0.3 is 35.7 Å². The zero-order valence-electron chi connectivity index (χ0n) is 21.8. The Balaban J connectivity index is 0.000000329. The molecular weight excluding hydrogens is 482 g/mol. The van der Waals surface area contributed by atoms with Crippen LogP contribution in [0, 0.1) is 5.92 Å². The summed E-state index contributed by atoms with van der Waals surface area (Å²) in [5.74, 6) is -0.743. The second-order valence-corrected chi connectivity index (χ2v) is 9.20. The summed E-state index contributed by atoms with van der Waals surface area (Å²) in [5, 5.41) is 26.0. The summed E-state index contributed by atoms with van der Waals surface area (Å²) >= 11 is 0. The summed E-state index contributed by atoms with van der Waals surface area (Å²) in [5.41, 5.74) is -0.559. The number of ether oxygens (including phenoxy) is 2. The Bertz CT molecular complexity index is 874. The van der Waals surface area contributed by atoms with Crippen molar-refractivity contribution in [3.05, 3.63) is 41.2 Å². The van der Waals surface area contributed by atoms with E-state index >= 15 is 0 Å². The molecule has 196 valence electrons. The third-order valence-corrected chi connectivity index (χ3v) is 6.47. The van der Waals surface area contributed by atoms with Crippen molar-refractivity contribution >= 4 is 12.1 Å². The van der Waals surface area contributed by atoms with Gasteiger partial charge in [0.2, 0.25) is 0 Å². The van der Waals surface area contributed by atoms with Crippen molar-refractivity contribution in [3.63, 3.8) is 0 Å². The first-order valence-corrected chi connectivity index (χ1v) is 11.8. The van der Waals surface area contributed by atoms with E-state index in [0.717, 1.165) is 24.6 Å². The smallest absolute Gasteiger partial charge is 0.545 e. The van der Waals surface area contributed by atoms with Gasteiger partial charge in [0.1, 0.15) is 0 Å². The van der Waals surface area contributed by atoms with Crippen molar-refractivity contribution in [2.75, 3.05) is 27.3 Å². The zero-order valence-corrected chi connectivity index (χ0v) is 23.8. The predicted octanol–water partition coefficient (Wildman–Crippen LogP) is -0.469. The molecule has 4 rings (SSSR count). The van der Waals surface area contributed by atoms with Crippen LogP contribution in [-0.4, -0.2) is 77.8 Å². The number of carboxylic acids is 1. The number of carboxylic acid groups (broad SMARTS) is 2. The summed E-state index contributed by atoms with van der Waals surface area (Å²) in [7, 11) is 2.84. The van der Waals surface area contributed by atoms with Gasteiger partial charge in [0.15, 0.2) is 5.67 Å². The fourth-order valence-electron chi connectivity index (χ4n) is 4.50. The van der Waals surface area contributed by atoms with Gasteiger partial charge in [-0.1, -0.05) is 24.5 Å². The molecule has 0 aromatic carbocycles. The number of aliphatic hydroxyl groups is 1. The van der Waals surface area contributed by atoms with E-state index in [2.05, 4.69) is 24.9 Å². The van der Waals surface area contributed by atoms with Crippen molar-refractivity contribution < 1.29 is 68.3 Å². The minimum absolute atomic E-state index is 0. The van der Waals surface area contributed by atoms with Crippen LogP contribution in [0.3, 0.4) is 0 Å². The minimum atomic E-state index is -1.83. The number of likely N-dealkylation sites (tertiary alicyclic amines) is 1. The van der Waals surface area contributed by atoms with E-state index in [1.54, 1.807) is 0 Å². The van der Waals surface area contributed by atoms with Gasteiger partial charge in [-0.2, -0.15) is 0 Å². The van der Waals surface area contributed by atoms with E-state index in [1.165, 1.54) is 43.4 Å². The summed E-state index contributed by atoms with van der Waals surface area (Å²) in [4.78, 5) is 25.5. The van der Waals surface area contributed by atoms with Crippen molar-refractivity contribution in [1.82, 2.24) is 9.88 Å². The zero-order chi connectivity index (χ0) is 26.2. The maximum absolute atomic E-state index is 14.1. The molecular formula is C25H36FN2NaO7. The Labute approximate surface area is 234 Å². The van der Waals surface area contributed by atoms with Gasteiger partial charge in [0, 0.05) is 31.9 Å². The van der Waals surface area contributed by atoms with Gasteiger partial charge in [-0.05, 0) is 45.2 Å². The quantitative estimate of drug-likeness (QED) is 0.293. The molecule has 3 aliphatic rings. The number of hydrogen-bond donors (Lipinski definition) is 2. The fraction of sp³-hybridized carbons (Fsp3) is 0.640. The van der Waals surface area contributed by atoms with E-state index in [-0.39, 0.29) is 53.9 Å². The largest absolute Gasteiger partial charge is 1.00 e. The molecule has 11 heteroatoms. The first-order valence-electron chi connectivity index (χ1n) is 11.8. The molecule has 3 unspecified atom stereocenters. The molecule has 1 amide bonds. The molecule has 4 atom stereocenters. The molecule has 2 aliphatic heterocycles. The molecule has 2 N–H and O–H groups in total. The Morgan fingerprint density at radius 1 is 1.28 bits per heavy atom. The van der Waals surface area contributed by atoms with E-state index in [9.17, 15) is 19.1 Å². The normalized spacial score (nSPS) is 25.3. The number of aromatic carboxylic acids is 1. The number of aliphatic hydroxyl groups excluding tert-OH is 1. The van der Waals surface area contributed by atoms with Crippen molar-refractivity contribution in [1.29, 1.82) is 0 Å². The number of epoxide rings is 1. The van der Waals surface area contributed by atoms with Crippen LogP contribution in [0.15, 0.2) is 30.0 Å². The molecule has 1 aromatic rings. The predicted molar refractivity (Wildman–Crippen MR) is 125 cm³/mol. The minimum Gasteiger partial charge on any atom is -0.545 e. The van der Waals surface area contributed by atoms with Crippen LogP contribution >= 0.6 is 0 Å². The first-order chi connectivity index (χ1) is 16.6. The topological polar surface area (TPSA) is 136 Å². The van der Waals surface area contributed by atoms with Crippen LogP contribution in [0.2, 0.25) is 0 Å². The number of carbonyl (C=O) groups is 2. The van der Waals surface area contributed by atoms with E-state index in [0.29, 0.717) is 24.2 Å². The van der Waals surface area contributed by atoms with Crippen molar-refractivity contribution in [3.8, 4) is 0 Å². The monoisotopic (exact) mass is 518 g/mol. The molecule has 1 saturated carbocycles. The third kappa shape index (κ3) is 8.78. The SMILES string of the molecule is CO.COC1CCCCC1C1O[C@@H]1CC=C(C)C.O=C([O-])c1ccc(C2(F)CN(C(=O)O)C2)nc1.[Na+]. The van der Waals surface area contributed by atoms with Crippen LogP contribution in [0.25, 0.3) is 0 Å². The molecule has 2 saturated heterocycles. The van der Waals surface area contributed by atoms with Gasteiger partial charge < -0.3 is 34.5 Å². The summed E-state index contributed by atoms with van der Waals surface area (Å²) in [6, 6.07) is 2.41. The first kappa shape index (κ1) is 32.5. The van der Waals surface area contributed by atoms with E-state index < -0.39 is 17.7 Å². The van der Waals surface area contributed by atoms with Crippen LogP contribution in [0.4, 0.5) is 9.18 Å². The third-order valence-electron chi connectivity index (χ3n) is 6.47. The standard InChI is InChI=1S/C14H24O2.C10H9FN2O4.CH4O.Na/c1-10(2)8-9-13-14(16-13)11-6-4-5-7-12(11)15-3;11-10(4-13(5-10)9(16)17)7-2-1-6(3-12-7)8(14)15;1-2;/h8,11-14H,4-7,9H2,1-3H3;1-3H,4-5H2,(H,14,15)(H,16,17);2H,1H3;/q;;;+1/p-1/t11?,12?,13-,14?;;;/m1.../s1. The Kier molecular flexibility index (Phi) is 13.5. The molecule has 0 spiro atoms. The Hall–Kier alpha value is -1.56. The fourth-order valence-corrected chi connectivity index (χ4v) is 4.50. The number of alkyl halides is 1. The number of aromatic nitrogens is 1. The van der Waals surface area contributed by atoms with Crippen molar-refractivity contribution in [2.24, 2.45) is 5.92 Å². The van der Waals surface area contributed by atoms with Gasteiger partial charge in [0.25, 0.3) is 0 Å². The molecule has 1 aliphatic carbocycles. The average molecular weight is 519 g/mol. The Morgan fingerprint density at radius 3 is 2.42 bits per heavy atom. The molecule has 9 nitrogen and oxygen atoms in total. The van der Waals surface area contributed by atoms with Crippen LogP contribution in [0.5, 0.6) is 0 Å². The second-order valence-electron chi connectivity index (χ2n) is 9.20.